The number of amides is 1. The van der Waals surface area contributed by atoms with E-state index in [0.29, 0.717) is 10.9 Å². The standard InChI is InChI=1S/C18H25N5OS/c1-13-8-15(10-19-21-18-20-17(24)12-25-18)14(2)16(9-13)11-23-6-4-22(3)5-7-23/h8-10H,4-7,11-12H2,1-3H3,(H,20,21,24). The number of likely N-dealkylation sites (N-methyl/N-ethyl adjacent to an activating group) is 1. The second kappa shape index (κ2) is 8.12. The number of carbonyl (C=O) groups is 1. The number of benzene rings is 1. The molecule has 1 amide bonds. The predicted octanol–water partition coefficient (Wildman–Crippen LogP) is 1.60. The van der Waals surface area contributed by atoms with Crippen LogP contribution in [0.5, 0.6) is 0 Å². The Kier molecular flexibility index (Phi) is 5.88. The maximum absolute atomic E-state index is 11.2. The highest BCUT2D eigenvalue weighted by atomic mass is 32.2. The lowest BCUT2D eigenvalue weighted by molar-refractivity contribution is -0.116. The van der Waals surface area contributed by atoms with Crippen LogP contribution in [0.4, 0.5) is 0 Å². The van der Waals surface area contributed by atoms with E-state index in [-0.39, 0.29) is 5.91 Å². The average molecular weight is 359 g/mol. The molecule has 0 atom stereocenters. The molecule has 2 aliphatic rings. The lowest BCUT2D eigenvalue weighted by Gasteiger charge is -2.32. The number of piperazine rings is 1. The van der Waals surface area contributed by atoms with Crippen LogP contribution in [0, 0.1) is 13.8 Å². The van der Waals surface area contributed by atoms with Gasteiger partial charge in [0.1, 0.15) is 0 Å². The van der Waals surface area contributed by atoms with Gasteiger partial charge in [-0.25, -0.2) is 0 Å². The second-order valence-electron chi connectivity index (χ2n) is 6.70. The SMILES string of the molecule is Cc1cc(C=NN=C2NC(=O)CS2)c(C)c(CN2CCN(C)CC2)c1. The first kappa shape index (κ1) is 18.1. The molecule has 1 aromatic carbocycles. The molecule has 6 nitrogen and oxygen atoms in total. The van der Waals surface area contributed by atoms with Gasteiger partial charge in [0.2, 0.25) is 5.91 Å². The molecule has 2 heterocycles. The number of thioether (sulfide) groups is 1. The van der Waals surface area contributed by atoms with Crippen molar-refractivity contribution in [1.29, 1.82) is 0 Å². The molecule has 0 saturated carbocycles. The van der Waals surface area contributed by atoms with Gasteiger partial charge in [-0.3, -0.25) is 9.69 Å². The van der Waals surface area contributed by atoms with Crippen molar-refractivity contribution in [3.05, 3.63) is 34.4 Å². The molecule has 2 fully saturated rings. The topological polar surface area (TPSA) is 60.3 Å². The fraction of sp³-hybridized carbons (Fsp3) is 0.500. The number of hydrogen-bond donors (Lipinski definition) is 1. The lowest BCUT2D eigenvalue weighted by Crippen LogP contribution is -2.44. The maximum atomic E-state index is 11.2. The van der Waals surface area contributed by atoms with Crippen molar-refractivity contribution < 1.29 is 4.79 Å². The van der Waals surface area contributed by atoms with E-state index in [1.165, 1.54) is 28.5 Å². The highest BCUT2D eigenvalue weighted by Crippen LogP contribution is 2.18. The fourth-order valence-electron chi connectivity index (χ4n) is 3.03. The van der Waals surface area contributed by atoms with Crippen molar-refractivity contribution in [2.45, 2.75) is 20.4 Å². The van der Waals surface area contributed by atoms with E-state index in [0.717, 1.165) is 38.3 Å². The zero-order chi connectivity index (χ0) is 17.8. The molecule has 0 spiro atoms. The molecule has 25 heavy (non-hydrogen) atoms. The molecule has 0 radical (unpaired) electrons. The molecule has 0 bridgehead atoms. The van der Waals surface area contributed by atoms with E-state index >= 15 is 0 Å². The Hall–Kier alpha value is -1.70. The van der Waals surface area contributed by atoms with Crippen molar-refractivity contribution in [1.82, 2.24) is 15.1 Å². The Bertz CT molecular complexity index is 708. The first-order chi connectivity index (χ1) is 12.0. The number of aryl methyl sites for hydroxylation is 1. The Morgan fingerprint density at radius 1 is 1.24 bits per heavy atom. The smallest absolute Gasteiger partial charge is 0.236 e. The normalized spacial score (nSPS) is 21.4. The van der Waals surface area contributed by atoms with Gasteiger partial charge in [-0.15, -0.1) is 5.10 Å². The lowest BCUT2D eigenvalue weighted by atomic mass is 9.99. The van der Waals surface area contributed by atoms with E-state index < -0.39 is 0 Å². The highest BCUT2D eigenvalue weighted by molar-refractivity contribution is 8.15. The first-order valence-corrected chi connectivity index (χ1v) is 9.54. The molecule has 1 aromatic rings. The van der Waals surface area contributed by atoms with Crippen LogP contribution in [0.25, 0.3) is 0 Å². The summed E-state index contributed by atoms with van der Waals surface area (Å²) in [7, 11) is 2.18. The van der Waals surface area contributed by atoms with Crippen molar-refractivity contribution >= 4 is 29.1 Å². The van der Waals surface area contributed by atoms with Gasteiger partial charge in [0.15, 0.2) is 5.17 Å². The Morgan fingerprint density at radius 2 is 2.00 bits per heavy atom. The van der Waals surface area contributed by atoms with Crippen LogP contribution >= 0.6 is 11.8 Å². The molecule has 1 N–H and O–H groups in total. The zero-order valence-corrected chi connectivity index (χ0v) is 15.9. The minimum atomic E-state index is -0.0138. The first-order valence-electron chi connectivity index (χ1n) is 8.56. The van der Waals surface area contributed by atoms with Crippen LogP contribution in [0.15, 0.2) is 22.3 Å². The van der Waals surface area contributed by atoms with Gasteiger partial charge in [-0.05, 0) is 37.6 Å². The number of nitrogens with zero attached hydrogens (tertiary/aromatic N) is 4. The third-order valence-corrected chi connectivity index (χ3v) is 5.48. The van der Waals surface area contributed by atoms with Crippen LogP contribution in [0.2, 0.25) is 0 Å². The summed E-state index contributed by atoms with van der Waals surface area (Å²) in [5.74, 6) is 0.410. The van der Waals surface area contributed by atoms with Crippen LogP contribution in [-0.4, -0.2) is 66.1 Å². The summed E-state index contributed by atoms with van der Waals surface area (Å²) >= 11 is 1.38. The van der Waals surface area contributed by atoms with Crippen LogP contribution in [0.1, 0.15) is 22.3 Å². The van der Waals surface area contributed by atoms with Gasteiger partial charge in [-0.1, -0.05) is 29.5 Å². The molecule has 0 aromatic heterocycles. The van der Waals surface area contributed by atoms with Crippen LogP contribution in [0.3, 0.4) is 0 Å². The second-order valence-corrected chi connectivity index (χ2v) is 7.67. The van der Waals surface area contributed by atoms with Gasteiger partial charge >= 0.3 is 0 Å². The zero-order valence-electron chi connectivity index (χ0n) is 15.1. The minimum Gasteiger partial charge on any atom is -0.304 e. The van der Waals surface area contributed by atoms with Crippen molar-refractivity contribution in [2.24, 2.45) is 10.2 Å². The fourth-order valence-corrected chi connectivity index (χ4v) is 3.66. The minimum absolute atomic E-state index is 0.0138. The van der Waals surface area contributed by atoms with E-state index in [1.807, 2.05) is 0 Å². The predicted molar refractivity (Wildman–Crippen MR) is 104 cm³/mol. The number of carbonyl (C=O) groups excluding carboxylic acids is 1. The summed E-state index contributed by atoms with van der Waals surface area (Å²) in [6, 6.07) is 4.40. The van der Waals surface area contributed by atoms with Gasteiger partial charge in [0.25, 0.3) is 0 Å². The molecule has 0 unspecified atom stereocenters. The largest absolute Gasteiger partial charge is 0.304 e. The number of hydrogen-bond acceptors (Lipinski definition) is 6. The quantitative estimate of drug-likeness (QED) is 0.655. The highest BCUT2D eigenvalue weighted by Gasteiger charge is 2.17. The van der Waals surface area contributed by atoms with Crippen LogP contribution in [-0.2, 0) is 11.3 Å². The van der Waals surface area contributed by atoms with E-state index in [1.54, 1.807) is 6.21 Å². The molecule has 2 aliphatic heterocycles. The van der Waals surface area contributed by atoms with Crippen molar-refractivity contribution in [2.75, 3.05) is 39.0 Å². The summed E-state index contributed by atoms with van der Waals surface area (Å²) in [6.07, 6.45) is 1.79. The molecular formula is C18H25N5OS. The van der Waals surface area contributed by atoms with Crippen LogP contribution < -0.4 is 5.32 Å². The molecular weight excluding hydrogens is 334 g/mol. The van der Waals surface area contributed by atoms with E-state index in [4.69, 9.17) is 0 Å². The number of amidine groups is 1. The monoisotopic (exact) mass is 359 g/mol. The summed E-state index contributed by atoms with van der Waals surface area (Å²) in [6.45, 7) is 9.70. The average Bonchev–Trinajstić information content (AvgIpc) is 2.99. The third-order valence-electron chi connectivity index (χ3n) is 4.62. The maximum Gasteiger partial charge on any atom is 0.236 e. The summed E-state index contributed by atoms with van der Waals surface area (Å²) in [5, 5.41) is 11.5. The number of rotatable bonds is 4. The summed E-state index contributed by atoms with van der Waals surface area (Å²) < 4.78 is 0. The van der Waals surface area contributed by atoms with Gasteiger partial charge < -0.3 is 10.2 Å². The van der Waals surface area contributed by atoms with Gasteiger partial charge in [-0.2, -0.15) is 5.10 Å². The molecule has 0 aliphatic carbocycles. The van der Waals surface area contributed by atoms with E-state index in [9.17, 15) is 4.79 Å². The third kappa shape index (κ3) is 4.90. The van der Waals surface area contributed by atoms with Crippen molar-refractivity contribution in [3.8, 4) is 0 Å². The molecule has 7 heteroatoms. The van der Waals surface area contributed by atoms with Gasteiger partial charge in [0, 0.05) is 32.7 Å². The Balaban J connectivity index is 1.72. The summed E-state index contributed by atoms with van der Waals surface area (Å²) in [4.78, 5) is 16.0. The van der Waals surface area contributed by atoms with E-state index in [2.05, 4.69) is 58.3 Å². The Morgan fingerprint density at radius 3 is 2.68 bits per heavy atom. The molecule has 3 rings (SSSR count). The van der Waals surface area contributed by atoms with Crippen molar-refractivity contribution in [3.63, 3.8) is 0 Å². The Labute approximate surface area is 153 Å². The molecule has 2 saturated heterocycles. The van der Waals surface area contributed by atoms with Gasteiger partial charge in [0.05, 0.1) is 12.0 Å². The number of nitrogens with one attached hydrogen (secondary N) is 1. The summed E-state index contributed by atoms with van der Waals surface area (Å²) in [5.41, 5.74) is 4.91. The molecule has 134 valence electrons.